The summed E-state index contributed by atoms with van der Waals surface area (Å²) in [7, 11) is 0. The fourth-order valence-corrected chi connectivity index (χ4v) is 3.53. The van der Waals surface area contributed by atoms with E-state index in [1.54, 1.807) is 0 Å². The van der Waals surface area contributed by atoms with Gasteiger partial charge in [-0.3, -0.25) is 0 Å². The lowest BCUT2D eigenvalue weighted by Gasteiger charge is -2.24. The molecule has 2 aromatic carbocycles. The number of hydrogen-bond acceptors (Lipinski definition) is 2. The molecule has 2 heterocycles. The Hall–Kier alpha value is -1.80. The molecule has 2 aliphatic rings. The van der Waals surface area contributed by atoms with E-state index in [0.717, 1.165) is 19.6 Å². The maximum atomic E-state index is 3.51. The molecule has 0 aromatic heterocycles. The third-order valence-electron chi connectivity index (χ3n) is 4.58. The summed E-state index contributed by atoms with van der Waals surface area (Å²) < 4.78 is 0. The molecule has 0 spiro atoms. The van der Waals surface area contributed by atoms with Gasteiger partial charge in [-0.1, -0.05) is 42.5 Å². The normalized spacial score (nSPS) is 21.2. The summed E-state index contributed by atoms with van der Waals surface area (Å²) in [6.07, 6.45) is 2.47. The highest BCUT2D eigenvalue weighted by molar-refractivity contribution is 5.72. The van der Waals surface area contributed by atoms with Gasteiger partial charge in [0.2, 0.25) is 0 Å². The molecule has 1 N–H and O–H groups in total. The van der Waals surface area contributed by atoms with E-state index >= 15 is 0 Å². The van der Waals surface area contributed by atoms with Crippen molar-refractivity contribution in [3.05, 3.63) is 54.1 Å². The summed E-state index contributed by atoms with van der Waals surface area (Å²) in [4.78, 5) is 2.61. The van der Waals surface area contributed by atoms with Crippen molar-refractivity contribution in [1.82, 2.24) is 5.32 Å². The number of rotatable bonds is 1. The minimum atomic E-state index is 0.700. The maximum absolute atomic E-state index is 3.51. The van der Waals surface area contributed by atoms with Gasteiger partial charge < -0.3 is 10.2 Å². The molecule has 0 radical (unpaired) electrons. The zero-order valence-corrected chi connectivity index (χ0v) is 11.7. The average Bonchev–Trinajstić information content (AvgIpc) is 2.69. The van der Waals surface area contributed by atoms with Crippen molar-refractivity contribution in [2.24, 2.45) is 0 Å². The van der Waals surface area contributed by atoms with E-state index in [0.29, 0.717) is 6.04 Å². The molecule has 20 heavy (non-hydrogen) atoms. The van der Waals surface area contributed by atoms with E-state index in [2.05, 4.69) is 58.7 Å². The zero-order chi connectivity index (χ0) is 13.4. The van der Waals surface area contributed by atoms with Crippen LogP contribution in [0.25, 0.3) is 11.1 Å². The van der Waals surface area contributed by atoms with Gasteiger partial charge in [0.25, 0.3) is 0 Å². The first-order valence-corrected chi connectivity index (χ1v) is 7.57. The Kier molecular flexibility index (Phi) is 2.96. The average molecular weight is 264 g/mol. The Morgan fingerprint density at radius 3 is 2.75 bits per heavy atom. The number of nitrogens with zero attached hydrogens (tertiary/aromatic N) is 1. The number of fused-ring (bicyclic) bond motifs is 3. The van der Waals surface area contributed by atoms with Gasteiger partial charge in [0.05, 0.1) is 0 Å². The molecular weight excluding hydrogens is 244 g/mol. The fourth-order valence-electron chi connectivity index (χ4n) is 3.53. The van der Waals surface area contributed by atoms with Crippen molar-refractivity contribution in [3.8, 4) is 11.1 Å². The van der Waals surface area contributed by atoms with Crippen LogP contribution in [0.5, 0.6) is 0 Å². The molecule has 1 saturated heterocycles. The molecule has 1 atom stereocenters. The van der Waals surface area contributed by atoms with E-state index in [-0.39, 0.29) is 0 Å². The first-order chi connectivity index (χ1) is 9.92. The van der Waals surface area contributed by atoms with Crippen LogP contribution in [0, 0.1) is 0 Å². The minimum Gasteiger partial charge on any atom is -0.367 e. The van der Waals surface area contributed by atoms with Gasteiger partial charge in [0, 0.05) is 24.8 Å². The number of nitrogens with one attached hydrogen (secondary N) is 1. The Bertz CT molecular complexity index is 606. The Morgan fingerprint density at radius 2 is 1.85 bits per heavy atom. The van der Waals surface area contributed by atoms with Crippen LogP contribution in [-0.2, 0) is 6.42 Å². The fraction of sp³-hybridized carbons (Fsp3) is 0.333. The van der Waals surface area contributed by atoms with Crippen molar-refractivity contribution in [2.75, 3.05) is 24.5 Å². The lowest BCUT2D eigenvalue weighted by Crippen LogP contribution is -2.32. The van der Waals surface area contributed by atoms with Crippen molar-refractivity contribution < 1.29 is 0 Å². The number of hydrogen-bond donors (Lipinski definition) is 1. The summed E-state index contributed by atoms with van der Waals surface area (Å²) in [5.41, 5.74) is 5.63. The zero-order valence-electron chi connectivity index (χ0n) is 11.7. The predicted octanol–water partition coefficient (Wildman–Crippen LogP) is 3.08. The highest BCUT2D eigenvalue weighted by Gasteiger charge is 2.29. The Labute approximate surface area is 120 Å². The summed E-state index contributed by atoms with van der Waals surface area (Å²) >= 11 is 0. The molecule has 102 valence electrons. The van der Waals surface area contributed by atoms with Crippen LogP contribution < -0.4 is 10.2 Å². The number of benzene rings is 2. The molecule has 2 aromatic rings. The second kappa shape index (κ2) is 4.95. The molecule has 2 heteroatoms. The van der Waals surface area contributed by atoms with Crippen LogP contribution in [-0.4, -0.2) is 25.7 Å². The molecule has 0 aliphatic carbocycles. The quantitative estimate of drug-likeness (QED) is 0.851. The summed E-state index contributed by atoms with van der Waals surface area (Å²) in [5.74, 6) is 0. The number of anilines is 1. The van der Waals surface area contributed by atoms with Crippen molar-refractivity contribution >= 4 is 5.69 Å². The molecular formula is C18H20N2. The van der Waals surface area contributed by atoms with Gasteiger partial charge in [-0.2, -0.15) is 0 Å². The van der Waals surface area contributed by atoms with E-state index in [1.807, 2.05) is 0 Å². The molecule has 4 rings (SSSR count). The Morgan fingerprint density at radius 1 is 0.950 bits per heavy atom. The lowest BCUT2D eigenvalue weighted by molar-refractivity contribution is 0.612. The van der Waals surface area contributed by atoms with Crippen LogP contribution in [0.4, 0.5) is 5.69 Å². The molecule has 0 bridgehead atoms. The monoisotopic (exact) mass is 264 g/mol. The second-order valence-electron chi connectivity index (χ2n) is 5.80. The Balaban J connectivity index is 1.73. The summed E-state index contributed by atoms with van der Waals surface area (Å²) in [6, 6.07) is 18.4. The third kappa shape index (κ3) is 2.01. The van der Waals surface area contributed by atoms with Gasteiger partial charge in [-0.25, -0.2) is 0 Å². The van der Waals surface area contributed by atoms with Crippen molar-refractivity contribution in [2.45, 2.75) is 18.9 Å². The first-order valence-electron chi connectivity index (χ1n) is 7.57. The largest absolute Gasteiger partial charge is 0.367 e. The standard InChI is InChI=1S/C18H20N2/c1-2-4-14(5-3-1)15-6-7-16-12-17-8-9-19-10-11-20(17)18(16)13-15/h1-7,13,17,19H,8-12H2. The SMILES string of the molecule is c1ccc(-c2ccc3c(c2)N2CCNCCC2C3)cc1. The summed E-state index contributed by atoms with van der Waals surface area (Å²) in [6.45, 7) is 3.39. The van der Waals surface area contributed by atoms with Gasteiger partial charge >= 0.3 is 0 Å². The van der Waals surface area contributed by atoms with Crippen molar-refractivity contribution in [1.29, 1.82) is 0 Å². The summed E-state index contributed by atoms with van der Waals surface area (Å²) in [5, 5.41) is 3.51. The van der Waals surface area contributed by atoms with E-state index in [1.165, 1.54) is 35.2 Å². The second-order valence-corrected chi connectivity index (χ2v) is 5.80. The van der Waals surface area contributed by atoms with E-state index in [9.17, 15) is 0 Å². The van der Waals surface area contributed by atoms with Crippen LogP contribution >= 0.6 is 0 Å². The van der Waals surface area contributed by atoms with Crippen LogP contribution in [0.3, 0.4) is 0 Å². The van der Waals surface area contributed by atoms with Gasteiger partial charge in [-0.15, -0.1) is 0 Å². The van der Waals surface area contributed by atoms with Gasteiger partial charge in [-0.05, 0) is 42.1 Å². The highest BCUT2D eigenvalue weighted by atomic mass is 15.2. The molecule has 2 nitrogen and oxygen atoms in total. The maximum Gasteiger partial charge on any atom is 0.0408 e. The lowest BCUT2D eigenvalue weighted by atomic mass is 10.0. The predicted molar refractivity (Wildman–Crippen MR) is 84.2 cm³/mol. The van der Waals surface area contributed by atoms with Crippen LogP contribution in [0.2, 0.25) is 0 Å². The third-order valence-corrected chi connectivity index (χ3v) is 4.58. The minimum absolute atomic E-state index is 0.700. The van der Waals surface area contributed by atoms with E-state index < -0.39 is 0 Å². The molecule has 0 saturated carbocycles. The molecule has 1 fully saturated rings. The molecule has 0 amide bonds. The van der Waals surface area contributed by atoms with Crippen LogP contribution in [0.15, 0.2) is 48.5 Å². The smallest absolute Gasteiger partial charge is 0.0408 e. The van der Waals surface area contributed by atoms with Crippen molar-refractivity contribution in [3.63, 3.8) is 0 Å². The topological polar surface area (TPSA) is 15.3 Å². The highest BCUT2D eigenvalue weighted by Crippen LogP contribution is 2.36. The van der Waals surface area contributed by atoms with E-state index in [4.69, 9.17) is 0 Å². The van der Waals surface area contributed by atoms with Gasteiger partial charge in [0.1, 0.15) is 0 Å². The van der Waals surface area contributed by atoms with Gasteiger partial charge in [0.15, 0.2) is 0 Å². The molecule has 2 aliphatic heterocycles. The first kappa shape index (κ1) is 12.0. The van der Waals surface area contributed by atoms with Crippen LogP contribution in [0.1, 0.15) is 12.0 Å². The molecule has 1 unspecified atom stereocenters.